The van der Waals surface area contributed by atoms with Crippen molar-refractivity contribution in [1.82, 2.24) is 9.21 Å². The third-order valence-corrected chi connectivity index (χ3v) is 6.58. The molecule has 0 spiro atoms. The first kappa shape index (κ1) is 20.9. The standard InChI is InChI=1S/C18H24F3N3O3S/c1-28(26,27)24-8-3-2-7-16(24)17(25)23-11-9-22(10-12-23)15-6-4-5-14(13-15)18(19,20)21/h4-6,13,16H,2-3,7-12H2,1H3. The van der Waals surface area contributed by atoms with Gasteiger partial charge in [0, 0.05) is 38.4 Å². The molecule has 1 unspecified atom stereocenters. The van der Waals surface area contributed by atoms with E-state index in [2.05, 4.69) is 0 Å². The average Bonchev–Trinajstić information content (AvgIpc) is 2.66. The van der Waals surface area contributed by atoms with Crippen LogP contribution in [0.5, 0.6) is 0 Å². The van der Waals surface area contributed by atoms with Gasteiger partial charge in [0.1, 0.15) is 6.04 Å². The molecule has 2 aliphatic rings. The molecule has 10 heteroatoms. The van der Waals surface area contributed by atoms with E-state index in [-0.39, 0.29) is 5.91 Å². The predicted molar refractivity (Wildman–Crippen MR) is 99.4 cm³/mol. The number of carbonyl (C=O) groups is 1. The minimum Gasteiger partial charge on any atom is -0.368 e. The lowest BCUT2D eigenvalue weighted by molar-refractivity contribution is -0.137. The van der Waals surface area contributed by atoms with Crippen LogP contribution in [-0.2, 0) is 21.0 Å². The quantitative estimate of drug-likeness (QED) is 0.754. The second kappa shape index (κ2) is 7.90. The number of rotatable bonds is 3. The molecule has 0 bridgehead atoms. The number of amides is 1. The van der Waals surface area contributed by atoms with Gasteiger partial charge in [0.2, 0.25) is 15.9 Å². The average molecular weight is 419 g/mol. The molecule has 1 amide bonds. The zero-order valence-corrected chi connectivity index (χ0v) is 16.5. The number of alkyl halides is 3. The molecule has 0 aromatic heterocycles. The zero-order chi connectivity index (χ0) is 20.5. The highest BCUT2D eigenvalue weighted by molar-refractivity contribution is 7.88. The van der Waals surface area contributed by atoms with E-state index in [1.807, 2.05) is 4.90 Å². The first-order valence-corrected chi connectivity index (χ1v) is 11.1. The number of sulfonamides is 1. The number of piperazine rings is 1. The summed E-state index contributed by atoms with van der Waals surface area (Å²) in [6.07, 6.45) is -1.25. The van der Waals surface area contributed by atoms with E-state index in [9.17, 15) is 26.4 Å². The Kier molecular flexibility index (Phi) is 5.90. The number of benzene rings is 1. The highest BCUT2D eigenvalue weighted by atomic mass is 32.2. The maximum absolute atomic E-state index is 12.9. The molecule has 0 aliphatic carbocycles. The third-order valence-electron chi connectivity index (χ3n) is 5.29. The number of nitrogens with zero attached hydrogens (tertiary/aromatic N) is 3. The second-order valence-electron chi connectivity index (χ2n) is 7.25. The monoisotopic (exact) mass is 419 g/mol. The molecule has 2 aliphatic heterocycles. The summed E-state index contributed by atoms with van der Waals surface area (Å²) in [5.41, 5.74) is -0.230. The summed E-state index contributed by atoms with van der Waals surface area (Å²) in [7, 11) is -3.46. The van der Waals surface area contributed by atoms with Crippen LogP contribution in [0.25, 0.3) is 0 Å². The third kappa shape index (κ3) is 4.60. The van der Waals surface area contributed by atoms with E-state index in [0.29, 0.717) is 44.8 Å². The van der Waals surface area contributed by atoms with E-state index >= 15 is 0 Å². The molecular weight excluding hydrogens is 395 g/mol. The minimum atomic E-state index is -4.40. The Labute approximate surface area is 162 Å². The number of piperidine rings is 1. The van der Waals surface area contributed by atoms with Crippen LogP contribution in [0, 0.1) is 0 Å². The van der Waals surface area contributed by atoms with Crippen molar-refractivity contribution in [2.45, 2.75) is 31.5 Å². The maximum Gasteiger partial charge on any atom is 0.416 e. The number of halogens is 3. The molecule has 1 aromatic carbocycles. The molecule has 0 saturated carbocycles. The second-order valence-corrected chi connectivity index (χ2v) is 9.18. The Bertz CT molecular complexity index is 821. The van der Waals surface area contributed by atoms with Crippen molar-refractivity contribution in [3.63, 3.8) is 0 Å². The molecule has 2 heterocycles. The fourth-order valence-electron chi connectivity index (χ4n) is 3.82. The summed E-state index contributed by atoms with van der Waals surface area (Å²) >= 11 is 0. The Morgan fingerprint density at radius 3 is 2.36 bits per heavy atom. The summed E-state index contributed by atoms with van der Waals surface area (Å²) in [6, 6.07) is 4.47. The summed E-state index contributed by atoms with van der Waals surface area (Å²) < 4.78 is 64.0. The lowest BCUT2D eigenvalue weighted by Crippen LogP contribution is -2.57. The van der Waals surface area contributed by atoms with Gasteiger partial charge in [-0.05, 0) is 31.0 Å². The molecule has 0 N–H and O–H groups in total. The largest absolute Gasteiger partial charge is 0.416 e. The molecular formula is C18H24F3N3O3S. The fourth-order valence-corrected chi connectivity index (χ4v) is 4.94. The van der Waals surface area contributed by atoms with Crippen LogP contribution in [-0.4, -0.2) is 68.6 Å². The van der Waals surface area contributed by atoms with Crippen LogP contribution < -0.4 is 4.90 Å². The molecule has 1 aromatic rings. The van der Waals surface area contributed by atoms with E-state index in [1.54, 1.807) is 11.0 Å². The van der Waals surface area contributed by atoms with Gasteiger partial charge in [-0.1, -0.05) is 12.5 Å². The molecule has 0 radical (unpaired) electrons. The summed E-state index contributed by atoms with van der Waals surface area (Å²) in [5.74, 6) is -0.214. The van der Waals surface area contributed by atoms with Gasteiger partial charge in [0.25, 0.3) is 0 Å². The van der Waals surface area contributed by atoms with Gasteiger partial charge in [-0.3, -0.25) is 4.79 Å². The maximum atomic E-state index is 12.9. The Hall–Kier alpha value is -1.81. The first-order chi connectivity index (χ1) is 13.1. The van der Waals surface area contributed by atoms with Crippen molar-refractivity contribution in [2.24, 2.45) is 0 Å². The van der Waals surface area contributed by atoms with Gasteiger partial charge in [-0.25, -0.2) is 8.42 Å². The number of carbonyl (C=O) groups excluding carboxylic acids is 1. The molecule has 2 fully saturated rings. The lowest BCUT2D eigenvalue weighted by atomic mass is 10.0. The SMILES string of the molecule is CS(=O)(=O)N1CCCCC1C(=O)N1CCN(c2cccc(C(F)(F)F)c2)CC1. The normalized spacial score (nSPS) is 22.4. The van der Waals surface area contributed by atoms with Crippen molar-refractivity contribution < 1.29 is 26.4 Å². The van der Waals surface area contributed by atoms with E-state index < -0.39 is 27.8 Å². The van der Waals surface area contributed by atoms with Gasteiger partial charge in [0.05, 0.1) is 11.8 Å². The van der Waals surface area contributed by atoms with Gasteiger partial charge in [-0.15, -0.1) is 0 Å². The van der Waals surface area contributed by atoms with E-state index in [4.69, 9.17) is 0 Å². The van der Waals surface area contributed by atoms with Gasteiger partial charge in [0.15, 0.2) is 0 Å². The van der Waals surface area contributed by atoms with Crippen LogP contribution in [0.3, 0.4) is 0 Å². The molecule has 156 valence electrons. The Balaban J connectivity index is 1.66. The van der Waals surface area contributed by atoms with E-state index in [0.717, 1.165) is 31.2 Å². The van der Waals surface area contributed by atoms with Crippen molar-refractivity contribution in [1.29, 1.82) is 0 Å². The molecule has 1 atom stereocenters. The predicted octanol–water partition coefficient (Wildman–Crippen LogP) is 2.17. The Morgan fingerprint density at radius 2 is 1.75 bits per heavy atom. The first-order valence-electron chi connectivity index (χ1n) is 9.25. The minimum absolute atomic E-state index is 0.214. The van der Waals surface area contributed by atoms with Crippen LogP contribution in [0.15, 0.2) is 24.3 Å². The van der Waals surface area contributed by atoms with Crippen molar-refractivity contribution in [2.75, 3.05) is 43.9 Å². The molecule has 2 saturated heterocycles. The topological polar surface area (TPSA) is 60.9 Å². The number of hydrogen-bond acceptors (Lipinski definition) is 4. The van der Waals surface area contributed by atoms with E-state index in [1.165, 1.54) is 10.4 Å². The van der Waals surface area contributed by atoms with Crippen LogP contribution in [0.4, 0.5) is 18.9 Å². The van der Waals surface area contributed by atoms with Crippen LogP contribution in [0.1, 0.15) is 24.8 Å². The van der Waals surface area contributed by atoms with Gasteiger partial charge < -0.3 is 9.80 Å². The summed E-state index contributed by atoms with van der Waals surface area (Å²) in [6.45, 7) is 1.85. The van der Waals surface area contributed by atoms with Gasteiger partial charge in [-0.2, -0.15) is 17.5 Å². The number of hydrogen-bond donors (Lipinski definition) is 0. The molecule has 28 heavy (non-hydrogen) atoms. The smallest absolute Gasteiger partial charge is 0.368 e. The van der Waals surface area contributed by atoms with Crippen molar-refractivity contribution in [3.8, 4) is 0 Å². The van der Waals surface area contributed by atoms with Gasteiger partial charge >= 0.3 is 6.18 Å². The van der Waals surface area contributed by atoms with Crippen LogP contribution >= 0.6 is 0 Å². The van der Waals surface area contributed by atoms with Crippen molar-refractivity contribution in [3.05, 3.63) is 29.8 Å². The van der Waals surface area contributed by atoms with Crippen LogP contribution in [0.2, 0.25) is 0 Å². The molecule has 3 rings (SSSR count). The zero-order valence-electron chi connectivity index (χ0n) is 15.7. The molecule has 6 nitrogen and oxygen atoms in total. The van der Waals surface area contributed by atoms with Crippen molar-refractivity contribution >= 4 is 21.6 Å². The number of anilines is 1. The highest BCUT2D eigenvalue weighted by Crippen LogP contribution is 2.32. The fraction of sp³-hybridized carbons (Fsp3) is 0.611. The Morgan fingerprint density at radius 1 is 1.07 bits per heavy atom. The lowest BCUT2D eigenvalue weighted by Gasteiger charge is -2.40. The summed E-state index contributed by atoms with van der Waals surface area (Å²) in [4.78, 5) is 16.3. The summed E-state index contributed by atoms with van der Waals surface area (Å²) in [5, 5.41) is 0. The highest BCUT2D eigenvalue weighted by Gasteiger charge is 2.37.